The van der Waals surface area contributed by atoms with Gasteiger partial charge in [0.05, 0.1) is 0 Å². The molecule has 0 unspecified atom stereocenters. The van der Waals surface area contributed by atoms with Gasteiger partial charge >= 0.3 is 0 Å². The van der Waals surface area contributed by atoms with Crippen molar-refractivity contribution in [2.45, 2.75) is 23.8 Å². The van der Waals surface area contributed by atoms with Gasteiger partial charge in [-0.1, -0.05) is 12.1 Å². The lowest BCUT2D eigenvalue weighted by atomic mass is 10.2. The number of rotatable bonds is 3. The van der Waals surface area contributed by atoms with E-state index in [4.69, 9.17) is 10.5 Å². The van der Waals surface area contributed by atoms with Crippen LogP contribution in [-0.2, 0) is 10.5 Å². The third-order valence-electron chi connectivity index (χ3n) is 2.75. The molecule has 0 spiro atoms. The molecule has 1 fully saturated rings. The van der Waals surface area contributed by atoms with Crippen LogP contribution in [0.25, 0.3) is 0 Å². The lowest BCUT2D eigenvalue weighted by Crippen LogP contribution is -2.17. The number of thioether (sulfide) groups is 1. The maximum Gasteiger partial charge on any atom is 0.0476 e. The maximum atomic E-state index is 5.85. The minimum Gasteiger partial charge on any atom is -0.398 e. The molecule has 2 rings (SSSR count). The lowest BCUT2D eigenvalue weighted by Gasteiger charge is -2.21. The van der Waals surface area contributed by atoms with E-state index in [1.807, 2.05) is 23.9 Å². The van der Waals surface area contributed by atoms with E-state index in [1.54, 1.807) is 0 Å². The SMILES string of the molecule is Nc1cccc(CSC2CCOCC2)c1Br. The van der Waals surface area contributed by atoms with Crippen LogP contribution < -0.4 is 5.73 Å². The predicted molar refractivity (Wildman–Crippen MR) is 73.7 cm³/mol. The first-order chi connectivity index (χ1) is 7.77. The van der Waals surface area contributed by atoms with Gasteiger partial charge in [-0.2, -0.15) is 11.8 Å². The molecule has 1 aromatic rings. The first-order valence-electron chi connectivity index (χ1n) is 5.49. The third-order valence-corrected chi connectivity index (χ3v) is 5.14. The maximum absolute atomic E-state index is 5.85. The van der Waals surface area contributed by atoms with Crippen molar-refractivity contribution in [2.24, 2.45) is 0 Å². The van der Waals surface area contributed by atoms with Crippen LogP contribution >= 0.6 is 27.7 Å². The molecule has 88 valence electrons. The van der Waals surface area contributed by atoms with E-state index < -0.39 is 0 Å². The highest BCUT2D eigenvalue weighted by atomic mass is 79.9. The van der Waals surface area contributed by atoms with Gasteiger partial charge < -0.3 is 10.5 Å². The number of nitrogens with two attached hydrogens (primary N) is 1. The Labute approximate surface area is 109 Å². The summed E-state index contributed by atoms with van der Waals surface area (Å²) in [5.74, 6) is 1.02. The minimum atomic E-state index is 0.738. The molecule has 0 aliphatic carbocycles. The molecule has 4 heteroatoms. The van der Waals surface area contributed by atoms with Crippen molar-refractivity contribution < 1.29 is 4.74 Å². The largest absolute Gasteiger partial charge is 0.398 e. The van der Waals surface area contributed by atoms with Gasteiger partial charge in [0.2, 0.25) is 0 Å². The van der Waals surface area contributed by atoms with Gasteiger partial charge in [-0.15, -0.1) is 0 Å². The fourth-order valence-electron chi connectivity index (χ4n) is 1.76. The topological polar surface area (TPSA) is 35.2 Å². The smallest absolute Gasteiger partial charge is 0.0476 e. The first-order valence-corrected chi connectivity index (χ1v) is 7.34. The van der Waals surface area contributed by atoms with E-state index in [9.17, 15) is 0 Å². The Kier molecular flexibility index (Phi) is 4.55. The second-order valence-electron chi connectivity index (χ2n) is 3.94. The molecule has 1 aliphatic rings. The molecule has 1 aromatic carbocycles. The Morgan fingerprint density at radius 1 is 1.38 bits per heavy atom. The van der Waals surface area contributed by atoms with Gasteiger partial charge in [0.15, 0.2) is 0 Å². The summed E-state index contributed by atoms with van der Waals surface area (Å²) in [4.78, 5) is 0. The minimum absolute atomic E-state index is 0.738. The van der Waals surface area contributed by atoms with Crippen LogP contribution in [0.5, 0.6) is 0 Å². The zero-order chi connectivity index (χ0) is 11.4. The fourth-order valence-corrected chi connectivity index (χ4v) is 3.53. The number of hydrogen-bond acceptors (Lipinski definition) is 3. The quantitative estimate of drug-likeness (QED) is 0.869. The summed E-state index contributed by atoms with van der Waals surface area (Å²) in [6.07, 6.45) is 2.34. The number of nitrogen functional groups attached to an aromatic ring is 1. The predicted octanol–water partition coefficient (Wildman–Crippen LogP) is 3.44. The Balaban J connectivity index is 1.91. The highest BCUT2D eigenvalue weighted by molar-refractivity contribution is 9.10. The van der Waals surface area contributed by atoms with Crippen LogP contribution in [0.4, 0.5) is 5.69 Å². The van der Waals surface area contributed by atoms with E-state index >= 15 is 0 Å². The highest BCUT2D eigenvalue weighted by Crippen LogP contribution is 2.31. The van der Waals surface area contributed by atoms with Crippen molar-refractivity contribution in [3.63, 3.8) is 0 Å². The van der Waals surface area contributed by atoms with Gasteiger partial charge in [0.1, 0.15) is 0 Å². The molecule has 1 aliphatic heterocycles. The number of anilines is 1. The number of benzene rings is 1. The van der Waals surface area contributed by atoms with Crippen LogP contribution in [0.2, 0.25) is 0 Å². The molecule has 2 nitrogen and oxygen atoms in total. The van der Waals surface area contributed by atoms with Gasteiger partial charge in [0, 0.05) is 34.4 Å². The monoisotopic (exact) mass is 301 g/mol. The Hall–Kier alpha value is -0.190. The molecule has 1 heterocycles. The second kappa shape index (κ2) is 5.94. The molecular formula is C12H16BrNOS. The zero-order valence-electron chi connectivity index (χ0n) is 9.12. The average molecular weight is 302 g/mol. The van der Waals surface area contributed by atoms with E-state index in [1.165, 1.54) is 18.4 Å². The average Bonchev–Trinajstić information content (AvgIpc) is 2.32. The van der Waals surface area contributed by atoms with Crippen molar-refractivity contribution in [2.75, 3.05) is 18.9 Å². The van der Waals surface area contributed by atoms with Gasteiger partial charge in [-0.3, -0.25) is 0 Å². The zero-order valence-corrected chi connectivity index (χ0v) is 11.5. The number of halogens is 1. The van der Waals surface area contributed by atoms with E-state index in [0.717, 1.165) is 34.4 Å². The molecule has 2 N–H and O–H groups in total. The summed E-state index contributed by atoms with van der Waals surface area (Å²) in [6.45, 7) is 1.82. The Morgan fingerprint density at radius 3 is 2.88 bits per heavy atom. The van der Waals surface area contributed by atoms with Crippen molar-refractivity contribution in [3.05, 3.63) is 28.2 Å². The molecule has 0 amide bonds. The normalized spacial score (nSPS) is 17.6. The van der Waals surface area contributed by atoms with Crippen molar-refractivity contribution in [1.29, 1.82) is 0 Å². The van der Waals surface area contributed by atoms with Crippen LogP contribution in [0.1, 0.15) is 18.4 Å². The van der Waals surface area contributed by atoms with E-state index in [0.29, 0.717) is 0 Å². The summed E-state index contributed by atoms with van der Waals surface area (Å²) in [6, 6.07) is 6.07. The van der Waals surface area contributed by atoms with Crippen LogP contribution in [0, 0.1) is 0 Å². The standard InChI is InChI=1S/C12H16BrNOS/c13-12-9(2-1-3-11(12)14)8-16-10-4-6-15-7-5-10/h1-3,10H,4-8,14H2. The molecule has 0 atom stereocenters. The van der Waals surface area contributed by atoms with Gasteiger partial charge in [0.25, 0.3) is 0 Å². The van der Waals surface area contributed by atoms with Crippen LogP contribution in [0.15, 0.2) is 22.7 Å². The number of hydrogen-bond donors (Lipinski definition) is 1. The summed E-state index contributed by atoms with van der Waals surface area (Å²) >= 11 is 5.55. The third kappa shape index (κ3) is 3.15. The Morgan fingerprint density at radius 2 is 2.12 bits per heavy atom. The highest BCUT2D eigenvalue weighted by Gasteiger charge is 2.14. The van der Waals surface area contributed by atoms with Crippen LogP contribution in [-0.4, -0.2) is 18.5 Å². The summed E-state index contributed by atoms with van der Waals surface area (Å²) in [5, 5.41) is 0.738. The molecule has 0 bridgehead atoms. The molecule has 16 heavy (non-hydrogen) atoms. The summed E-state index contributed by atoms with van der Waals surface area (Å²) in [5.41, 5.74) is 7.97. The van der Waals surface area contributed by atoms with Crippen molar-refractivity contribution in [3.8, 4) is 0 Å². The Bertz CT molecular complexity index is 353. The van der Waals surface area contributed by atoms with Crippen molar-refractivity contribution >= 4 is 33.4 Å². The molecule has 0 saturated carbocycles. The summed E-state index contributed by atoms with van der Waals surface area (Å²) in [7, 11) is 0. The molecule has 1 saturated heterocycles. The fraction of sp³-hybridized carbons (Fsp3) is 0.500. The molecule has 0 aromatic heterocycles. The van der Waals surface area contributed by atoms with Crippen molar-refractivity contribution in [1.82, 2.24) is 0 Å². The molecule has 0 radical (unpaired) electrons. The van der Waals surface area contributed by atoms with E-state index in [2.05, 4.69) is 22.0 Å². The number of ether oxygens (including phenoxy) is 1. The van der Waals surface area contributed by atoms with E-state index in [-0.39, 0.29) is 0 Å². The first kappa shape index (κ1) is 12.3. The lowest BCUT2D eigenvalue weighted by molar-refractivity contribution is 0.1000. The van der Waals surface area contributed by atoms with Gasteiger partial charge in [-0.25, -0.2) is 0 Å². The van der Waals surface area contributed by atoms with Crippen LogP contribution in [0.3, 0.4) is 0 Å². The van der Waals surface area contributed by atoms with Gasteiger partial charge in [-0.05, 0) is 40.4 Å². The molecular weight excluding hydrogens is 286 g/mol. The second-order valence-corrected chi connectivity index (χ2v) is 6.02. The summed E-state index contributed by atoms with van der Waals surface area (Å²) < 4.78 is 6.40.